The van der Waals surface area contributed by atoms with Gasteiger partial charge in [0.2, 0.25) is 0 Å². The van der Waals surface area contributed by atoms with Gasteiger partial charge in [0, 0.05) is 50.6 Å². The molecule has 0 radical (unpaired) electrons. The van der Waals surface area contributed by atoms with Gasteiger partial charge in [-0.15, -0.1) is 0 Å². The predicted molar refractivity (Wildman–Crippen MR) is 97.9 cm³/mol. The molecule has 0 spiro atoms. The first-order chi connectivity index (χ1) is 11.8. The van der Waals surface area contributed by atoms with Crippen LogP contribution in [-0.4, -0.2) is 58.2 Å². The minimum Gasteiger partial charge on any atom is -0.396 e. The molecule has 1 N–H and O–H groups in total. The second kappa shape index (κ2) is 8.93. The molecule has 0 amide bonds. The van der Waals surface area contributed by atoms with E-state index in [0.717, 1.165) is 43.5 Å². The standard InChI is InChI=1S/C20H33N3O/c1-17-7-6-8-18(21-17)15-22-12-13-23(16-20(22)11-14-24)19-9-4-2-3-5-10-19/h6-8,19-20,24H,2-5,9-16H2,1H3/t20-/m0/s1. The molecule has 2 heterocycles. The number of piperazine rings is 1. The predicted octanol–water partition coefficient (Wildman–Crippen LogP) is 2.98. The number of pyridine rings is 1. The summed E-state index contributed by atoms with van der Waals surface area (Å²) < 4.78 is 0. The number of aryl methyl sites for hydroxylation is 1. The van der Waals surface area contributed by atoms with E-state index in [9.17, 15) is 5.11 Å². The third kappa shape index (κ3) is 4.78. The average molecular weight is 332 g/mol. The molecule has 1 aromatic heterocycles. The lowest BCUT2D eigenvalue weighted by Gasteiger charge is -2.44. The summed E-state index contributed by atoms with van der Waals surface area (Å²) >= 11 is 0. The van der Waals surface area contributed by atoms with E-state index < -0.39 is 0 Å². The highest BCUT2D eigenvalue weighted by atomic mass is 16.3. The van der Waals surface area contributed by atoms with Crippen molar-refractivity contribution in [2.75, 3.05) is 26.2 Å². The van der Waals surface area contributed by atoms with Gasteiger partial charge < -0.3 is 5.11 Å². The van der Waals surface area contributed by atoms with E-state index >= 15 is 0 Å². The van der Waals surface area contributed by atoms with Crippen molar-refractivity contribution < 1.29 is 5.11 Å². The van der Waals surface area contributed by atoms with E-state index in [-0.39, 0.29) is 6.61 Å². The van der Waals surface area contributed by atoms with Gasteiger partial charge in [0.15, 0.2) is 0 Å². The molecule has 1 aromatic rings. The van der Waals surface area contributed by atoms with Crippen LogP contribution in [0.2, 0.25) is 0 Å². The zero-order valence-electron chi connectivity index (χ0n) is 15.2. The zero-order valence-corrected chi connectivity index (χ0v) is 15.2. The molecule has 2 aliphatic rings. The number of rotatable bonds is 5. The molecule has 1 atom stereocenters. The first kappa shape index (κ1) is 17.8. The van der Waals surface area contributed by atoms with E-state index in [1.807, 2.05) is 0 Å². The molecule has 0 unspecified atom stereocenters. The summed E-state index contributed by atoms with van der Waals surface area (Å²) in [5.74, 6) is 0. The Morgan fingerprint density at radius 2 is 1.92 bits per heavy atom. The Labute approximate surface area is 146 Å². The molecule has 1 aliphatic heterocycles. The number of hydrogen-bond donors (Lipinski definition) is 1. The Balaban J connectivity index is 1.62. The molecular formula is C20H33N3O. The van der Waals surface area contributed by atoms with Gasteiger partial charge in [0.1, 0.15) is 0 Å². The minimum atomic E-state index is 0.279. The second-order valence-electron chi connectivity index (χ2n) is 7.55. The van der Waals surface area contributed by atoms with Gasteiger partial charge in [-0.2, -0.15) is 0 Å². The summed E-state index contributed by atoms with van der Waals surface area (Å²) in [5.41, 5.74) is 2.24. The summed E-state index contributed by atoms with van der Waals surface area (Å²) in [6, 6.07) is 7.50. The number of aliphatic hydroxyl groups excluding tert-OH is 1. The van der Waals surface area contributed by atoms with Crippen molar-refractivity contribution in [3.8, 4) is 0 Å². The van der Waals surface area contributed by atoms with Crippen molar-refractivity contribution in [3.63, 3.8) is 0 Å². The van der Waals surface area contributed by atoms with Crippen LogP contribution >= 0.6 is 0 Å². The maximum absolute atomic E-state index is 9.53. The van der Waals surface area contributed by atoms with Gasteiger partial charge in [-0.1, -0.05) is 31.7 Å². The highest BCUT2D eigenvalue weighted by molar-refractivity contribution is 5.10. The SMILES string of the molecule is Cc1cccc(CN2CCN(C3CCCCCC3)C[C@@H]2CCO)n1. The quantitative estimate of drug-likeness (QED) is 0.842. The molecule has 2 fully saturated rings. The fourth-order valence-electron chi connectivity index (χ4n) is 4.40. The van der Waals surface area contributed by atoms with E-state index in [1.54, 1.807) is 0 Å². The van der Waals surface area contributed by atoms with Crippen LogP contribution in [0.5, 0.6) is 0 Å². The largest absolute Gasteiger partial charge is 0.396 e. The van der Waals surface area contributed by atoms with Crippen molar-refractivity contribution in [2.24, 2.45) is 0 Å². The lowest BCUT2D eigenvalue weighted by molar-refractivity contribution is 0.0269. The molecule has 4 nitrogen and oxygen atoms in total. The fraction of sp³-hybridized carbons (Fsp3) is 0.750. The molecule has 134 valence electrons. The summed E-state index contributed by atoms with van der Waals surface area (Å²) in [6.07, 6.45) is 9.21. The van der Waals surface area contributed by atoms with Crippen LogP contribution in [0, 0.1) is 6.92 Å². The van der Waals surface area contributed by atoms with Crippen LogP contribution in [0.3, 0.4) is 0 Å². The van der Waals surface area contributed by atoms with Crippen molar-refractivity contribution in [1.29, 1.82) is 0 Å². The van der Waals surface area contributed by atoms with Gasteiger partial charge in [-0.05, 0) is 38.3 Å². The average Bonchev–Trinajstić information content (AvgIpc) is 2.86. The topological polar surface area (TPSA) is 39.6 Å². The molecule has 1 aliphatic carbocycles. The maximum atomic E-state index is 9.53. The van der Waals surface area contributed by atoms with E-state index in [0.29, 0.717) is 6.04 Å². The van der Waals surface area contributed by atoms with E-state index in [1.165, 1.54) is 45.1 Å². The molecule has 4 heteroatoms. The van der Waals surface area contributed by atoms with Gasteiger partial charge >= 0.3 is 0 Å². The van der Waals surface area contributed by atoms with Crippen molar-refractivity contribution >= 4 is 0 Å². The minimum absolute atomic E-state index is 0.279. The summed E-state index contributed by atoms with van der Waals surface area (Å²) in [5, 5.41) is 9.53. The summed E-state index contributed by atoms with van der Waals surface area (Å²) in [6.45, 7) is 6.61. The van der Waals surface area contributed by atoms with Gasteiger partial charge in [-0.25, -0.2) is 0 Å². The normalized spacial score (nSPS) is 24.8. The number of aliphatic hydroxyl groups is 1. The Morgan fingerprint density at radius 3 is 2.62 bits per heavy atom. The summed E-state index contributed by atoms with van der Waals surface area (Å²) in [7, 11) is 0. The highest BCUT2D eigenvalue weighted by Gasteiger charge is 2.30. The Hall–Kier alpha value is -0.970. The van der Waals surface area contributed by atoms with Crippen LogP contribution in [0.4, 0.5) is 0 Å². The molecule has 24 heavy (non-hydrogen) atoms. The van der Waals surface area contributed by atoms with Gasteiger partial charge in [0.05, 0.1) is 5.69 Å². The highest BCUT2D eigenvalue weighted by Crippen LogP contribution is 2.25. The molecule has 0 aromatic carbocycles. The third-order valence-electron chi connectivity index (χ3n) is 5.75. The number of nitrogens with zero attached hydrogens (tertiary/aromatic N) is 3. The van der Waals surface area contributed by atoms with Crippen molar-refractivity contribution in [1.82, 2.24) is 14.8 Å². The smallest absolute Gasteiger partial charge is 0.0547 e. The third-order valence-corrected chi connectivity index (χ3v) is 5.75. The van der Waals surface area contributed by atoms with Crippen LogP contribution in [-0.2, 0) is 6.54 Å². The molecule has 1 saturated carbocycles. The molecule has 3 rings (SSSR count). The van der Waals surface area contributed by atoms with Gasteiger partial charge in [0.25, 0.3) is 0 Å². The summed E-state index contributed by atoms with van der Waals surface area (Å²) in [4.78, 5) is 9.91. The van der Waals surface area contributed by atoms with Crippen molar-refractivity contribution in [3.05, 3.63) is 29.6 Å². The molecular weight excluding hydrogens is 298 g/mol. The van der Waals surface area contributed by atoms with Gasteiger partial charge in [-0.3, -0.25) is 14.8 Å². The Bertz CT molecular complexity index is 499. The number of hydrogen-bond acceptors (Lipinski definition) is 4. The second-order valence-corrected chi connectivity index (χ2v) is 7.55. The van der Waals surface area contributed by atoms with Crippen LogP contribution in [0.15, 0.2) is 18.2 Å². The van der Waals surface area contributed by atoms with Crippen molar-refractivity contribution in [2.45, 2.75) is 70.5 Å². The molecule has 1 saturated heterocycles. The zero-order chi connectivity index (χ0) is 16.8. The number of aromatic nitrogens is 1. The lowest BCUT2D eigenvalue weighted by atomic mass is 10.0. The van der Waals surface area contributed by atoms with E-state index in [4.69, 9.17) is 0 Å². The fourth-order valence-corrected chi connectivity index (χ4v) is 4.40. The lowest BCUT2D eigenvalue weighted by Crippen LogP contribution is -2.55. The first-order valence-corrected chi connectivity index (χ1v) is 9.78. The van der Waals surface area contributed by atoms with E-state index in [2.05, 4.69) is 39.9 Å². The maximum Gasteiger partial charge on any atom is 0.0547 e. The van der Waals surface area contributed by atoms with Crippen LogP contribution in [0.25, 0.3) is 0 Å². The van der Waals surface area contributed by atoms with Crippen LogP contribution in [0.1, 0.15) is 56.3 Å². The first-order valence-electron chi connectivity index (χ1n) is 9.78. The monoisotopic (exact) mass is 331 g/mol. The van der Waals surface area contributed by atoms with Crippen LogP contribution < -0.4 is 0 Å². The molecule has 0 bridgehead atoms. The Morgan fingerprint density at radius 1 is 1.12 bits per heavy atom. The Kier molecular flexibility index (Phi) is 6.64.